The molecule has 0 aromatic heterocycles. The highest BCUT2D eigenvalue weighted by Gasteiger charge is 2.24. The lowest BCUT2D eigenvalue weighted by molar-refractivity contribution is -0.0790. The fourth-order valence-electron chi connectivity index (χ4n) is 5.62. The summed E-state index contributed by atoms with van der Waals surface area (Å²) in [6.45, 7) is 2.23. The topological polar surface area (TPSA) is 0 Å². The second kappa shape index (κ2) is 13.0. The van der Waals surface area contributed by atoms with Crippen molar-refractivity contribution in [3.05, 3.63) is 89.0 Å². The van der Waals surface area contributed by atoms with Gasteiger partial charge in [-0.3, -0.25) is 0 Å². The number of hydrogen-bond donors (Lipinski definition) is 0. The molecule has 0 radical (unpaired) electrons. The molecule has 0 nitrogen and oxygen atoms in total. The summed E-state index contributed by atoms with van der Waals surface area (Å²) in [6, 6.07) is 10.9. The molecule has 0 aliphatic heterocycles. The zero-order valence-corrected chi connectivity index (χ0v) is 22.4. The van der Waals surface area contributed by atoms with Gasteiger partial charge in [-0.1, -0.05) is 76.1 Å². The van der Waals surface area contributed by atoms with E-state index < -0.39 is 46.1 Å². The first-order valence-electron chi connectivity index (χ1n) is 13.9. The van der Waals surface area contributed by atoms with Crippen molar-refractivity contribution < 1.29 is 30.7 Å². The third-order valence-corrected chi connectivity index (χ3v) is 7.91. The van der Waals surface area contributed by atoms with Crippen molar-refractivity contribution in [1.29, 1.82) is 0 Å². The quantitative estimate of drug-likeness (QED) is 0.228. The molecule has 0 saturated heterocycles. The predicted octanol–water partition coefficient (Wildman–Crippen LogP) is 11.1. The first-order chi connectivity index (χ1) is 19.0. The van der Waals surface area contributed by atoms with Gasteiger partial charge in [-0.15, -0.1) is 0 Å². The first-order valence-corrected chi connectivity index (χ1v) is 13.9. The summed E-state index contributed by atoms with van der Waals surface area (Å²) in [5.74, 6) is -3.19. The SMILES string of the molecule is CCCCC1CCC(CCc2ccc(-c3cc(F)c(-c4cc(F)c(/C=C/C(F)(F)F)c(F)c4)c(F)c3)cc2)CC1. The summed E-state index contributed by atoms with van der Waals surface area (Å²) in [6.07, 6.45) is 6.32. The predicted molar refractivity (Wildman–Crippen MR) is 146 cm³/mol. The van der Waals surface area contributed by atoms with Gasteiger partial charge < -0.3 is 0 Å². The highest BCUT2D eigenvalue weighted by Crippen LogP contribution is 2.36. The summed E-state index contributed by atoms with van der Waals surface area (Å²) in [4.78, 5) is 0. The minimum absolute atomic E-state index is 0.243. The van der Waals surface area contributed by atoms with Crippen LogP contribution in [0.5, 0.6) is 0 Å². The van der Waals surface area contributed by atoms with Gasteiger partial charge in [0.25, 0.3) is 0 Å². The van der Waals surface area contributed by atoms with Crippen LogP contribution in [0, 0.1) is 35.1 Å². The van der Waals surface area contributed by atoms with E-state index >= 15 is 8.78 Å². The molecule has 40 heavy (non-hydrogen) atoms. The molecule has 214 valence electrons. The molecule has 3 aromatic carbocycles. The van der Waals surface area contributed by atoms with E-state index in [1.54, 1.807) is 12.1 Å². The molecule has 3 aromatic rings. The lowest BCUT2D eigenvalue weighted by Gasteiger charge is -2.28. The molecule has 0 bridgehead atoms. The van der Waals surface area contributed by atoms with Gasteiger partial charge in [-0.05, 0) is 77.3 Å². The van der Waals surface area contributed by atoms with Crippen molar-refractivity contribution in [2.75, 3.05) is 0 Å². The van der Waals surface area contributed by atoms with Gasteiger partial charge >= 0.3 is 6.18 Å². The number of rotatable bonds is 9. The molecular weight excluding hydrogens is 529 g/mol. The number of alkyl halides is 3. The van der Waals surface area contributed by atoms with Crippen LogP contribution in [0.3, 0.4) is 0 Å². The lowest BCUT2D eigenvalue weighted by atomic mass is 9.78. The van der Waals surface area contributed by atoms with Crippen LogP contribution < -0.4 is 0 Å². The fraction of sp³-hybridized carbons (Fsp3) is 0.394. The average Bonchev–Trinajstić information content (AvgIpc) is 2.90. The van der Waals surface area contributed by atoms with Crippen molar-refractivity contribution in [2.24, 2.45) is 11.8 Å². The maximum Gasteiger partial charge on any atom is 0.409 e. The summed E-state index contributed by atoms with van der Waals surface area (Å²) in [5, 5.41) is 0. The van der Waals surface area contributed by atoms with Crippen LogP contribution in [-0.2, 0) is 6.42 Å². The maximum atomic E-state index is 15.0. The van der Waals surface area contributed by atoms with Gasteiger partial charge in [0.15, 0.2) is 0 Å². The standard InChI is InChI=1S/C33H33F7/c1-2-3-4-21-5-7-22(8-6-21)9-10-23-11-13-24(14-12-23)25-17-30(36)32(31(37)18-25)26-19-28(34)27(29(35)20-26)15-16-33(38,39)40/h11-22H,2-10H2,1H3/b16-15+. The van der Waals surface area contributed by atoms with Gasteiger partial charge in [-0.2, -0.15) is 13.2 Å². The Labute approximate surface area is 230 Å². The molecule has 1 saturated carbocycles. The third kappa shape index (κ3) is 7.76. The minimum Gasteiger partial charge on any atom is -0.206 e. The molecule has 1 aliphatic rings. The van der Waals surface area contributed by atoms with Crippen LogP contribution >= 0.6 is 0 Å². The Morgan fingerprint density at radius 3 is 1.75 bits per heavy atom. The number of unbranched alkanes of at least 4 members (excludes halogenated alkanes) is 1. The van der Waals surface area contributed by atoms with E-state index in [9.17, 15) is 22.0 Å². The summed E-state index contributed by atoms with van der Waals surface area (Å²) in [7, 11) is 0. The molecule has 4 rings (SSSR count). The molecule has 1 fully saturated rings. The van der Waals surface area contributed by atoms with E-state index in [1.165, 1.54) is 44.9 Å². The second-order valence-corrected chi connectivity index (χ2v) is 10.8. The number of allylic oxidation sites excluding steroid dienone is 1. The highest BCUT2D eigenvalue weighted by molar-refractivity contribution is 5.73. The van der Waals surface area contributed by atoms with Gasteiger partial charge in [0.05, 0.1) is 5.56 Å². The second-order valence-electron chi connectivity index (χ2n) is 10.8. The smallest absolute Gasteiger partial charge is 0.206 e. The van der Waals surface area contributed by atoms with Crippen molar-refractivity contribution in [1.82, 2.24) is 0 Å². The number of halogens is 7. The maximum absolute atomic E-state index is 15.0. The van der Waals surface area contributed by atoms with Crippen LogP contribution in [0.4, 0.5) is 30.7 Å². The Morgan fingerprint density at radius 2 is 1.23 bits per heavy atom. The molecule has 0 N–H and O–H groups in total. The van der Waals surface area contributed by atoms with E-state index in [4.69, 9.17) is 0 Å². The Balaban J connectivity index is 1.43. The van der Waals surface area contributed by atoms with Crippen LogP contribution in [0.1, 0.15) is 69.4 Å². The zero-order valence-electron chi connectivity index (χ0n) is 22.4. The Bertz CT molecular complexity index is 1270. The molecule has 0 unspecified atom stereocenters. The summed E-state index contributed by atoms with van der Waals surface area (Å²) in [5.41, 5.74) is -0.0430. The number of hydrogen-bond acceptors (Lipinski definition) is 0. The number of aryl methyl sites for hydroxylation is 1. The molecule has 0 spiro atoms. The molecule has 0 heterocycles. The fourth-order valence-corrected chi connectivity index (χ4v) is 5.62. The molecule has 1 aliphatic carbocycles. The van der Waals surface area contributed by atoms with Crippen LogP contribution in [0.2, 0.25) is 0 Å². The van der Waals surface area contributed by atoms with Crippen LogP contribution in [0.15, 0.2) is 54.6 Å². The molecule has 7 heteroatoms. The van der Waals surface area contributed by atoms with E-state index in [2.05, 4.69) is 6.92 Å². The van der Waals surface area contributed by atoms with Crippen LogP contribution in [0.25, 0.3) is 28.3 Å². The van der Waals surface area contributed by atoms with Crippen molar-refractivity contribution in [3.63, 3.8) is 0 Å². The van der Waals surface area contributed by atoms with Gasteiger partial charge in [0.2, 0.25) is 0 Å². The zero-order chi connectivity index (χ0) is 28.9. The third-order valence-electron chi connectivity index (χ3n) is 7.91. The Hall–Kier alpha value is -3.09. The monoisotopic (exact) mass is 562 g/mol. The van der Waals surface area contributed by atoms with Crippen molar-refractivity contribution >= 4 is 6.08 Å². The molecule has 0 atom stereocenters. The van der Waals surface area contributed by atoms with Crippen molar-refractivity contribution in [2.45, 2.75) is 70.9 Å². The van der Waals surface area contributed by atoms with Gasteiger partial charge in [0, 0.05) is 11.6 Å². The first kappa shape index (κ1) is 29.9. The normalized spacial score (nSPS) is 18.0. The molecule has 0 amide bonds. The van der Waals surface area contributed by atoms with Crippen LogP contribution in [-0.4, -0.2) is 6.18 Å². The molecular formula is C33H33F7. The van der Waals surface area contributed by atoms with E-state index in [0.29, 0.717) is 17.7 Å². The van der Waals surface area contributed by atoms with Gasteiger partial charge in [0.1, 0.15) is 23.3 Å². The Morgan fingerprint density at radius 1 is 0.700 bits per heavy atom. The van der Waals surface area contributed by atoms with Gasteiger partial charge in [-0.25, -0.2) is 17.6 Å². The van der Waals surface area contributed by atoms with E-state index in [0.717, 1.165) is 42.4 Å². The lowest BCUT2D eigenvalue weighted by Crippen LogP contribution is -2.15. The van der Waals surface area contributed by atoms with Crippen molar-refractivity contribution in [3.8, 4) is 22.3 Å². The number of benzene rings is 3. The highest BCUT2D eigenvalue weighted by atomic mass is 19.4. The minimum atomic E-state index is -4.77. The average molecular weight is 563 g/mol. The summed E-state index contributed by atoms with van der Waals surface area (Å²) < 4.78 is 95.9. The van der Waals surface area contributed by atoms with E-state index in [-0.39, 0.29) is 17.7 Å². The summed E-state index contributed by atoms with van der Waals surface area (Å²) >= 11 is 0. The van der Waals surface area contributed by atoms with E-state index in [1.807, 2.05) is 12.1 Å². The largest absolute Gasteiger partial charge is 0.409 e. The Kier molecular flexibility index (Phi) is 9.75.